The lowest BCUT2D eigenvalue weighted by atomic mass is 10.1. The molecule has 2 unspecified atom stereocenters. The number of thiazole rings is 1. The molecule has 4 rings (SSSR count). The second kappa shape index (κ2) is 9.95. The van der Waals surface area contributed by atoms with Gasteiger partial charge in [-0.05, 0) is 27.0 Å². The minimum Gasteiger partial charge on any atom is -0.367 e. The molecule has 1 saturated heterocycles. The predicted molar refractivity (Wildman–Crippen MR) is 131 cm³/mol. The predicted octanol–water partition coefficient (Wildman–Crippen LogP) is 4.31. The summed E-state index contributed by atoms with van der Waals surface area (Å²) in [4.78, 5) is 35.0. The zero-order chi connectivity index (χ0) is 27.1. The van der Waals surface area contributed by atoms with E-state index in [1.807, 2.05) is 31.9 Å². The quantitative estimate of drug-likeness (QED) is 0.484. The molecule has 1 fully saturated rings. The number of aromatic amines is 1. The van der Waals surface area contributed by atoms with Gasteiger partial charge in [0.2, 0.25) is 5.56 Å². The number of nitrogens with zero attached hydrogens (tertiary/aromatic N) is 4. The molecule has 1 aliphatic rings. The summed E-state index contributed by atoms with van der Waals surface area (Å²) in [5.41, 5.74) is -2.85. The summed E-state index contributed by atoms with van der Waals surface area (Å²) in [5.74, 6) is -1.79. The number of H-pyrrole nitrogens is 1. The highest BCUT2D eigenvalue weighted by atomic mass is 32.1. The minimum absolute atomic E-state index is 0.0155. The van der Waals surface area contributed by atoms with Gasteiger partial charge in [-0.15, -0.1) is 11.3 Å². The molecule has 0 bridgehead atoms. The van der Waals surface area contributed by atoms with Crippen molar-refractivity contribution in [3.63, 3.8) is 0 Å². The lowest BCUT2D eigenvalue weighted by Gasteiger charge is -2.44. The Balaban J connectivity index is 1.81. The van der Waals surface area contributed by atoms with Gasteiger partial charge in [-0.1, -0.05) is 0 Å². The van der Waals surface area contributed by atoms with Gasteiger partial charge in [0.25, 0.3) is 5.91 Å². The number of anilines is 2. The Morgan fingerprint density at radius 1 is 1.24 bits per heavy atom. The van der Waals surface area contributed by atoms with Crippen molar-refractivity contribution in [2.24, 2.45) is 0 Å². The fourth-order valence-electron chi connectivity index (χ4n) is 4.22. The summed E-state index contributed by atoms with van der Waals surface area (Å²) in [5, 5.41) is 11.8. The molecule has 194 valence electrons. The molecule has 2 N–H and O–H groups in total. The van der Waals surface area contributed by atoms with Crippen LogP contribution in [0, 0.1) is 17.1 Å². The van der Waals surface area contributed by atoms with Gasteiger partial charge in [0, 0.05) is 49.1 Å². The first-order valence-electron chi connectivity index (χ1n) is 11.2. The molecule has 8 nitrogen and oxygen atoms in total. The van der Waals surface area contributed by atoms with E-state index in [2.05, 4.69) is 20.2 Å². The number of halogens is 4. The Kier molecular flexibility index (Phi) is 7.07. The summed E-state index contributed by atoms with van der Waals surface area (Å²) < 4.78 is 56.0. The number of hydrogen-bond donors (Lipinski definition) is 2. The van der Waals surface area contributed by atoms with Crippen LogP contribution in [0.5, 0.6) is 0 Å². The number of benzene rings is 1. The number of alkyl halides is 3. The Hall–Kier alpha value is -3.76. The number of likely N-dealkylation sites (N-methyl/N-ethyl adjacent to an activating group) is 1. The van der Waals surface area contributed by atoms with Gasteiger partial charge < -0.3 is 15.2 Å². The average molecular weight is 535 g/mol. The van der Waals surface area contributed by atoms with Gasteiger partial charge in [-0.25, -0.2) is 9.37 Å². The van der Waals surface area contributed by atoms with Crippen molar-refractivity contribution in [2.45, 2.75) is 32.1 Å². The average Bonchev–Trinajstić information content (AvgIpc) is 3.31. The molecule has 2 aromatic heterocycles. The molecule has 1 aromatic carbocycles. The van der Waals surface area contributed by atoms with E-state index in [1.165, 1.54) is 18.3 Å². The Morgan fingerprint density at radius 3 is 2.51 bits per heavy atom. The molecule has 13 heteroatoms. The van der Waals surface area contributed by atoms with E-state index >= 15 is 4.39 Å². The first kappa shape index (κ1) is 26.3. The molecular weight excluding hydrogens is 512 g/mol. The molecule has 0 aliphatic carbocycles. The molecule has 0 spiro atoms. The van der Waals surface area contributed by atoms with Gasteiger partial charge >= 0.3 is 6.18 Å². The second-order valence-corrected chi connectivity index (χ2v) is 9.87. The Bertz CT molecular complexity index is 1430. The summed E-state index contributed by atoms with van der Waals surface area (Å²) in [6.45, 7) is 4.93. The number of aromatic nitrogens is 2. The van der Waals surface area contributed by atoms with E-state index in [0.717, 1.165) is 11.3 Å². The van der Waals surface area contributed by atoms with Crippen molar-refractivity contribution < 1.29 is 22.4 Å². The van der Waals surface area contributed by atoms with Crippen LogP contribution in [0.3, 0.4) is 0 Å². The highest BCUT2D eigenvalue weighted by Gasteiger charge is 2.36. The molecule has 3 aromatic rings. The second-order valence-electron chi connectivity index (χ2n) is 8.84. The van der Waals surface area contributed by atoms with Crippen LogP contribution in [0.25, 0.3) is 10.6 Å². The smallest absolute Gasteiger partial charge is 0.367 e. The van der Waals surface area contributed by atoms with Gasteiger partial charge in [0.05, 0.1) is 28.7 Å². The van der Waals surface area contributed by atoms with E-state index in [9.17, 15) is 22.8 Å². The highest BCUT2D eigenvalue weighted by molar-refractivity contribution is 7.15. The van der Waals surface area contributed by atoms with Crippen LogP contribution >= 0.6 is 11.3 Å². The van der Waals surface area contributed by atoms with Crippen LogP contribution in [-0.4, -0.2) is 53.0 Å². The third-order valence-electron chi connectivity index (χ3n) is 6.35. The third-order valence-corrected chi connectivity index (χ3v) is 7.29. The van der Waals surface area contributed by atoms with Crippen LogP contribution < -0.4 is 15.8 Å². The van der Waals surface area contributed by atoms with Crippen molar-refractivity contribution in [1.29, 1.82) is 5.26 Å². The molecule has 1 aliphatic heterocycles. The van der Waals surface area contributed by atoms with E-state index in [1.54, 1.807) is 0 Å². The number of pyridine rings is 1. The number of carbonyl (C=O) groups excluding carboxylic acids is 1. The number of carbonyl (C=O) groups is 1. The van der Waals surface area contributed by atoms with Crippen LogP contribution in [0.1, 0.15) is 34.6 Å². The van der Waals surface area contributed by atoms with Crippen LogP contribution in [-0.2, 0) is 6.18 Å². The molecule has 2 atom stereocenters. The number of amides is 1. The van der Waals surface area contributed by atoms with E-state index < -0.39 is 34.6 Å². The van der Waals surface area contributed by atoms with Crippen molar-refractivity contribution in [2.75, 3.05) is 30.4 Å². The first-order valence-corrected chi connectivity index (χ1v) is 12.0. The maximum absolute atomic E-state index is 15.3. The molecule has 0 saturated carbocycles. The number of nitrogens with one attached hydrogen (secondary N) is 2. The largest absolute Gasteiger partial charge is 0.417 e. The lowest BCUT2D eigenvalue weighted by molar-refractivity contribution is -0.138. The maximum Gasteiger partial charge on any atom is 0.417 e. The van der Waals surface area contributed by atoms with E-state index in [0.29, 0.717) is 25.4 Å². The fourth-order valence-corrected chi connectivity index (χ4v) is 4.95. The normalized spacial score (nSPS) is 18.5. The minimum atomic E-state index is -4.95. The van der Waals surface area contributed by atoms with Gasteiger partial charge in [0.1, 0.15) is 21.8 Å². The number of rotatable bonds is 4. The van der Waals surface area contributed by atoms with Crippen molar-refractivity contribution in [1.82, 2.24) is 14.9 Å². The van der Waals surface area contributed by atoms with Crippen LogP contribution in [0.15, 0.2) is 35.4 Å². The van der Waals surface area contributed by atoms with Gasteiger partial charge in [0.15, 0.2) is 0 Å². The number of nitriles is 1. The fraction of sp³-hybridized carbons (Fsp3) is 0.333. The highest BCUT2D eigenvalue weighted by Crippen LogP contribution is 2.38. The topological polar surface area (TPSA) is 105 Å². The summed E-state index contributed by atoms with van der Waals surface area (Å²) in [6.07, 6.45) is -2.97. The number of piperazine rings is 1. The summed E-state index contributed by atoms with van der Waals surface area (Å²) in [7, 11) is 1.96. The van der Waals surface area contributed by atoms with Crippen molar-refractivity contribution in [3.05, 3.63) is 62.8 Å². The van der Waals surface area contributed by atoms with E-state index in [-0.39, 0.29) is 38.9 Å². The zero-order valence-electron chi connectivity index (χ0n) is 20.0. The Morgan fingerprint density at radius 2 is 1.92 bits per heavy atom. The van der Waals surface area contributed by atoms with Gasteiger partial charge in [-0.2, -0.15) is 18.4 Å². The SMILES string of the molecule is CC1CN(c2cc(F)c(-c3ncc(C#N)s3)cc2NC(=O)c2c[nH]c(=O)cc2C(F)(F)F)CC(C)N1C. The molecule has 1 amide bonds. The van der Waals surface area contributed by atoms with E-state index in [4.69, 9.17) is 5.26 Å². The van der Waals surface area contributed by atoms with Crippen molar-refractivity contribution in [3.8, 4) is 16.6 Å². The van der Waals surface area contributed by atoms with Gasteiger partial charge in [-0.3, -0.25) is 14.5 Å². The third kappa shape index (κ3) is 5.35. The summed E-state index contributed by atoms with van der Waals surface area (Å²) >= 11 is 0.940. The molecule has 37 heavy (non-hydrogen) atoms. The molecule has 0 radical (unpaired) electrons. The standard InChI is InChI=1S/C24H22F4N6O2S/c1-12-10-34(11-13(2)33(12)3)20-6-18(25)15(23-31-8-14(7-29)37-23)4-19(20)32-22(36)16-9-30-21(35)5-17(16)24(26,27)28/h4-6,8-9,12-13H,10-11H2,1-3H3,(H,30,35)(H,32,36). The Labute approximate surface area is 213 Å². The molecule has 3 heterocycles. The van der Waals surface area contributed by atoms with Crippen molar-refractivity contribution >= 4 is 28.6 Å². The monoisotopic (exact) mass is 534 g/mol. The summed E-state index contributed by atoms with van der Waals surface area (Å²) in [6, 6.07) is 4.89. The zero-order valence-corrected chi connectivity index (χ0v) is 20.8. The first-order chi connectivity index (χ1) is 17.4. The molecular formula is C24H22F4N6O2S. The van der Waals surface area contributed by atoms with Crippen LogP contribution in [0.4, 0.5) is 28.9 Å². The maximum atomic E-state index is 15.3. The number of hydrogen-bond acceptors (Lipinski definition) is 7. The lowest BCUT2D eigenvalue weighted by Crippen LogP contribution is -2.55. The van der Waals surface area contributed by atoms with Crippen LogP contribution in [0.2, 0.25) is 0 Å².